The molecular formula is C16H22ClN3O2S. The summed E-state index contributed by atoms with van der Waals surface area (Å²) in [4.78, 5) is 16.4. The van der Waals surface area contributed by atoms with Gasteiger partial charge in [0.1, 0.15) is 0 Å². The zero-order valence-corrected chi connectivity index (χ0v) is 15.1. The zero-order chi connectivity index (χ0) is 16.1. The van der Waals surface area contributed by atoms with E-state index in [0.717, 1.165) is 11.3 Å². The molecule has 0 saturated heterocycles. The van der Waals surface area contributed by atoms with E-state index in [1.165, 1.54) is 22.5 Å². The predicted molar refractivity (Wildman–Crippen MR) is 97.4 cm³/mol. The highest BCUT2D eigenvalue weighted by Gasteiger charge is 2.13. The number of carbonyl (C=O) groups is 1. The summed E-state index contributed by atoms with van der Waals surface area (Å²) < 4.78 is 5.10. The minimum absolute atomic E-state index is 0. The molecular weight excluding hydrogens is 334 g/mol. The summed E-state index contributed by atoms with van der Waals surface area (Å²) in [6.07, 6.45) is -0.0369. The van der Waals surface area contributed by atoms with Crippen molar-refractivity contribution in [1.29, 1.82) is 0 Å². The van der Waals surface area contributed by atoms with E-state index < -0.39 is 0 Å². The number of thiazole rings is 1. The van der Waals surface area contributed by atoms with Gasteiger partial charge in [0.2, 0.25) is 5.91 Å². The molecule has 1 aromatic heterocycles. The number of aromatic nitrogens is 1. The van der Waals surface area contributed by atoms with Gasteiger partial charge in [-0.2, -0.15) is 0 Å². The fraction of sp³-hybridized carbons (Fsp3) is 0.375. The average molecular weight is 356 g/mol. The van der Waals surface area contributed by atoms with Gasteiger partial charge < -0.3 is 15.8 Å². The number of nitrogens with two attached hydrogens (primary N) is 1. The van der Waals surface area contributed by atoms with Gasteiger partial charge in [-0.3, -0.25) is 4.79 Å². The Kier molecular flexibility index (Phi) is 7.64. The quantitative estimate of drug-likeness (QED) is 0.834. The summed E-state index contributed by atoms with van der Waals surface area (Å²) in [5.74, 6) is -0.140. The SMILES string of the molecule is COC(CN)CC(=O)Nc1nc(-c2ccc(C)c(C)c2)cs1.Cl. The van der Waals surface area contributed by atoms with Crippen LogP contribution < -0.4 is 11.1 Å². The normalized spacial score (nSPS) is 11.7. The highest BCUT2D eigenvalue weighted by atomic mass is 35.5. The van der Waals surface area contributed by atoms with E-state index in [4.69, 9.17) is 10.5 Å². The number of nitrogens with one attached hydrogen (secondary N) is 1. The van der Waals surface area contributed by atoms with Crippen molar-refractivity contribution in [1.82, 2.24) is 4.98 Å². The molecule has 2 aromatic rings. The lowest BCUT2D eigenvalue weighted by atomic mass is 10.1. The summed E-state index contributed by atoms with van der Waals surface area (Å²) in [5.41, 5.74) is 9.91. The molecule has 1 heterocycles. The molecule has 5 nitrogen and oxygen atoms in total. The Bertz CT molecular complexity index is 657. The number of rotatable bonds is 6. The number of methoxy groups -OCH3 is 1. The van der Waals surface area contributed by atoms with Crippen LogP contribution in [-0.2, 0) is 9.53 Å². The van der Waals surface area contributed by atoms with Gasteiger partial charge in [0, 0.05) is 24.6 Å². The molecule has 7 heteroatoms. The van der Waals surface area contributed by atoms with Crippen LogP contribution in [0.15, 0.2) is 23.6 Å². The second kappa shape index (κ2) is 8.98. The fourth-order valence-electron chi connectivity index (χ4n) is 2.00. The van der Waals surface area contributed by atoms with Gasteiger partial charge in [-0.05, 0) is 31.0 Å². The molecule has 23 heavy (non-hydrogen) atoms. The number of nitrogens with zero attached hydrogens (tertiary/aromatic N) is 1. The second-order valence-electron chi connectivity index (χ2n) is 5.18. The number of halogens is 1. The summed E-state index contributed by atoms with van der Waals surface area (Å²) >= 11 is 1.41. The molecule has 0 saturated carbocycles. The minimum Gasteiger partial charge on any atom is -0.380 e. The molecule has 2 rings (SSSR count). The Morgan fingerprint density at radius 3 is 2.74 bits per heavy atom. The van der Waals surface area contributed by atoms with Crippen LogP contribution in [0.25, 0.3) is 11.3 Å². The molecule has 3 N–H and O–H groups in total. The van der Waals surface area contributed by atoms with Crippen LogP contribution in [0.3, 0.4) is 0 Å². The topological polar surface area (TPSA) is 77.2 Å². The molecule has 0 spiro atoms. The van der Waals surface area contributed by atoms with Gasteiger partial charge in [0.15, 0.2) is 5.13 Å². The third kappa shape index (κ3) is 5.28. The van der Waals surface area contributed by atoms with Crippen molar-refractivity contribution in [3.63, 3.8) is 0 Å². The van der Waals surface area contributed by atoms with Crippen LogP contribution in [0.5, 0.6) is 0 Å². The second-order valence-corrected chi connectivity index (χ2v) is 6.04. The Morgan fingerprint density at radius 1 is 1.39 bits per heavy atom. The van der Waals surface area contributed by atoms with Crippen molar-refractivity contribution < 1.29 is 9.53 Å². The maximum Gasteiger partial charge on any atom is 0.228 e. The number of hydrogen-bond acceptors (Lipinski definition) is 5. The number of benzene rings is 1. The van der Waals surface area contributed by atoms with Gasteiger partial charge in [0.05, 0.1) is 18.2 Å². The van der Waals surface area contributed by atoms with Crippen LogP contribution in [0, 0.1) is 13.8 Å². The Hall–Kier alpha value is -1.47. The van der Waals surface area contributed by atoms with Crippen molar-refractivity contribution in [2.75, 3.05) is 19.0 Å². The summed E-state index contributed by atoms with van der Waals surface area (Å²) in [5, 5.41) is 5.32. The van der Waals surface area contributed by atoms with E-state index in [-0.39, 0.29) is 30.8 Å². The summed E-state index contributed by atoms with van der Waals surface area (Å²) in [7, 11) is 1.55. The van der Waals surface area contributed by atoms with Crippen molar-refractivity contribution >= 4 is 34.8 Å². The van der Waals surface area contributed by atoms with Crippen LogP contribution in [-0.4, -0.2) is 30.6 Å². The van der Waals surface area contributed by atoms with E-state index in [2.05, 4.69) is 36.3 Å². The molecule has 0 bridgehead atoms. The van der Waals surface area contributed by atoms with Crippen molar-refractivity contribution in [3.8, 4) is 11.3 Å². The molecule has 1 amide bonds. The molecule has 1 aromatic carbocycles. The van der Waals surface area contributed by atoms with E-state index in [0.29, 0.717) is 11.7 Å². The first-order valence-corrected chi connectivity index (χ1v) is 7.97. The highest BCUT2D eigenvalue weighted by molar-refractivity contribution is 7.14. The summed E-state index contributed by atoms with van der Waals surface area (Å²) in [6, 6.07) is 6.22. The minimum atomic E-state index is -0.265. The molecule has 1 unspecified atom stereocenters. The smallest absolute Gasteiger partial charge is 0.228 e. The van der Waals surface area contributed by atoms with E-state index >= 15 is 0 Å². The Balaban J connectivity index is 0.00000264. The lowest BCUT2D eigenvalue weighted by Gasteiger charge is -2.11. The number of ether oxygens (including phenoxy) is 1. The molecule has 0 fully saturated rings. The molecule has 0 aliphatic rings. The lowest BCUT2D eigenvalue weighted by molar-refractivity contribution is -0.118. The maximum absolute atomic E-state index is 11.9. The van der Waals surface area contributed by atoms with Crippen molar-refractivity contribution in [3.05, 3.63) is 34.7 Å². The van der Waals surface area contributed by atoms with Crippen LogP contribution in [0.1, 0.15) is 17.5 Å². The summed E-state index contributed by atoms with van der Waals surface area (Å²) in [6.45, 7) is 4.47. The van der Waals surface area contributed by atoms with Gasteiger partial charge >= 0.3 is 0 Å². The molecule has 0 radical (unpaired) electrons. The molecule has 0 aliphatic carbocycles. The fourth-order valence-corrected chi connectivity index (χ4v) is 2.74. The lowest BCUT2D eigenvalue weighted by Crippen LogP contribution is -2.28. The number of aryl methyl sites for hydroxylation is 2. The van der Waals surface area contributed by atoms with E-state index in [1.807, 2.05) is 11.4 Å². The Labute approximate surface area is 146 Å². The average Bonchev–Trinajstić information content (AvgIpc) is 2.96. The first-order chi connectivity index (χ1) is 10.5. The number of anilines is 1. The highest BCUT2D eigenvalue weighted by Crippen LogP contribution is 2.26. The van der Waals surface area contributed by atoms with E-state index in [1.54, 1.807) is 7.11 Å². The van der Waals surface area contributed by atoms with E-state index in [9.17, 15) is 4.79 Å². The first kappa shape index (κ1) is 19.6. The Morgan fingerprint density at radius 2 is 2.13 bits per heavy atom. The largest absolute Gasteiger partial charge is 0.380 e. The van der Waals surface area contributed by atoms with Gasteiger partial charge in [-0.15, -0.1) is 23.7 Å². The van der Waals surface area contributed by atoms with Crippen molar-refractivity contribution in [2.24, 2.45) is 5.73 Å². The third-order valence-corrected chi connectivity index (χ3v) is 4.32. The van der Waals surface area contributed by atoms with Crippen LogP contribution >= 0.6 is 23.7 Å². The van der Waals surface area contributed by atoms with Crippen molar-refractivity contribution in [2.45, 2.75) is 26.4 Å². The first-order valence-electron chi connectivity index (χ1n) is 7.09. The van der Waals surface area contributed by atoms with Gasteiger partial charge in [-0.1, -0.05) is 12.1 Å². The number of carbonyl (C=O) groups excluding carboxylic acids is 1. The van der Waals surface area contributed by atoms with Gasteiger partial charge in [-0.25, -0.2) is 4.98 Å². The monoisotopic (exact) mass is 355 g/mol. The number of amides is 1. The molecule has 1 atom stereocenters. The zero-order valence-electron chi connectivity index (χ0n) is 13.5. The van der Waals surface area contributed by atoms with Crippen LogP contribution in [0.2, 0.25) is 0 Å². The third-order valence-electron chi connectivity index (χ3n) is 3.56. The van der Waals surface area contributed by atoms with Gasteiger partial charge in [0.25, 0.3) is 0 Å². The molecule has 126 valence electrons. The molecule has 0 aliphatic heterocycles. The predicted octanol–water partition coefficient (Wildman–Crippen LogP) is 3.15. The van der Waals surface area contributed by atoms with Crippen LogP contribution in [0.4, 0.5) is 5.13 Å². The maximum atomic E-state index is 11.9. The standard InChI is InChI=1S/C16H21N3O2S.ClH/c1-10-4-5-12(6-11(10)2)14-9-22-16(18-14)19-15(20)7-13(8-17)21-3;/h4-6,9,13H,7-8,17H2,1-3H3,(H,18,19,20);1H. The number of hydrogen-bond donors (Lipinski definition) is 2.